The van der Waals surface area contributed by atoms with Crippen molar-refractivity contribution >= 4 is 5.91 Å². The lowest BCUT2D eigenvalue weighted by Gasteiger charge is -2.16. The summed E-state index contributed by atoms with van der Waals surface area (Å²) in [5.41, 5.74) is 4.58. The minimum Gasteiger partial charge on any atom is -0.349 e. The van der Waals surface area contributed by atoms with Crippen molar-refractivity contribution in [2.24, 2.45) is 0 Å². The highest BCUT2D eigenvalue weighted by molar-refractivity contribution is 5.95. The van der Waals surface area contributed by atoms with Crippen molar-refractivity contribution in [1.82, 2.24) is 15.5 Å². The number of carbonyl (C=O) groups excluding carboxylic acids is 1. The third-order valence-corrected chi connectivity index (χ3v) is 4.10. The first-order valence-corrected chi connectivity index (χ1v) is 7.72. The normalized spacial score (nSPS) is 12.0. The van der Waals surface area contributed by atoms with E-state index in [2.05, 4.69) is 47.6 Å². The quantitative estimate of drug-likeness (QED) is 0.910. The van der Waals surface area contributed by atoms with Crippen LogP contribution in [0.1, 0.15) is 45.2 Å². The van der Waals surface area contributed by atoms with Gasteiger partial charge in [-0.25, -0.2) is 5.10 Å². The number of nitrogens with zero attached hydrogens (tertiary/aromatic N) is 1. The van der Waals surface area contributed by atoms with Crippen LogP contribution in [0.25, 0.3) is 0 Å². The minimum atomic E-state index is -0.454. The first kappa shape index (κ1) is 16.9. The Labute approximate surface area is 136 Å². The Bertz CT molecular complexity index is 793. The maximum atomic E-state index is 12.4. The highest BCUT2D eigenvalue weighted by Gasteiger charge is 2.18. The maximum absolute atomic E-state index is 12.4. The van der Waals surface area contributed by atoms with Crippen LogP contribution in [0.5, 0.6) is 0 Å². The molecule has 2 N–H and O–H groups in total. The van der Waals surface area contributed by atoms with Gasteiger partial charge in [0.05, 0.1) is 5.69 Å². The molecule has 0 spiro atoms. The molecule has 5 heteroatoms. The second-order valence-electron chi connectivity index (χ2n) is 6.15. The van der Waals surface area contributed by atoms with Crippen molar-refractivity contribution in [2.75, 3.05) is 0 Å². The van der Waals surface area contributed by atoms with Crippen LogP contribution >= 0.6 is 0 Å². The molecule has 5 nitrogen and oxygen atoms in total. The van der Waals surface area contributed by atoms with Crippen molar-refractivity contribution < 1.29 is 4.79 Å². The van der Waals surface area contributed by atoms with Crippen LogP contribution in [0, 0.1) is 27.7 Å². The van der Waals surface area contributed by atoms with Gasteiger partial charge in [-0.3, -0.25) is 9.59 Å². The van der Waals surface area contributed by atoms with Gasteiger partial charge in [0.15, 0.2) is 0 Å². The number of hydrogen-bond acceptors (Lipinski definition) is 3. The number of aromatic nitrogens is 2. The van der Waals surface area contributed by atoms with E-state index in [9.17, 15) is 9.59 Å². The topological polar surface area (TPSA) is 74.8 Å². The van der Waals surface area contributed by atoms with Crippen LogP contribution in [-0.4, -0.2) is 22.1 Å². The van der Waals surface area contributed by atoms with Gasteiger partial charge in [-0.05, 0) is 57.7 Å². The lowest BCUT2D eigenvalue weighted by Crippen LogP contribution is -2.38. The van der Waals surface area contributed by atoms with Gasteiger partial charge in [0, 0.05) is 6.04 Å². The van der Waals surface area contributed by atoms with E-state index in [-0.39, 0.29) is 17.5 Å². The summed E-state index contributed by atoms with van der Waals surface area (Å²) in [5, 5.41) is 9.14. The number of H-pyrrole nitrogens is 1. The largest absolute Gasteiger partial charge is 0.349 e. The molecule has 0 saturated carbocycles. The van der Waals surface area contributed by atoms with Gasteiger partial charge >= 0.3 is 0 Å². The van der Waals surface area contributed by atoms with Crippen molar-refractivity contribution in [3.63, 3.8) is 0 Å². The zero-order valence-corrected chi connectivity index (χ0v) is 14.3. The molecular formula is C18H23N3O2. The molecule has 1 aromatic heterocycles. The monoisotopic (exact) mass is 313 g/mol. The van der Waals surface area contributed by atoms with E-state index < -0.39 is 5.56 Å². The highest BCUT2D eigenvalue weighted by Crippen LogP contribution is 2.13. The molecule has 1 heterocycles. The molecule has 0 radical (unpaired) electrons. The highest BCUT2D eigenvalue weighted by atomic mass is 16.2. The number of rotatable bonds is 4. The van der Waals surface area contributed by atoms with Crippen LogP contribution in [0.3, 0.4) is 0 Å². The molecule has 2 rings (SSSR count). The molecule has 1 amide bonds. The van der Waals surface area contributed by atoms with E-state index >= 15 is 0 Å². The number of hydrogen-bond donors (Lipinski definition) is 2. The Morgan fingerprint density at radius 3 is 2.61 bits per heavy atom. The van der Waals surface area contributed by atoms with Gasteiger partial charge in [-0.1, -0.05) is 23.8 Å². The average Bonchev–Trinajstić information content (AvgIpc) is 2.46. The second kappa shape index (κ2) is 6.77. The van der Waals surface area contributed by atoms with Gasteiger partial charge in [0.1, 0.15) is 5.56 Å². The fraction of sp³-hybridized carbons (Fsp3) is 0.389. The maximum Gasteiger partial charge on any atom is 0.277 e. The summed E-state index contributed by atoms with van der Waals surface area (Å²) in [4.78, 5) is 24.3. The van der Waals surface area contributed by atoms with Crippen molar-refractivity contribution in [2.45, 2.75) is 47.1 Å². The molecule has 0 aliphatic rings. The molecule has 0 fully saturated rings. The molecule has 0 aliphatic heterocycles. The SMILES string of the molecule is Cc1ccc(C[C@H](C)NC(=O)c2c(C)c(C)n[nH]c2=O)c(C)c1. The van der Waals surface area contributed by atoms with Crippen molar-refractivity contribution in [1.29, 1.82) is 0 Å². The molecule has 0 saturated heterocycles. The first-order chi connectivity index (χ1) is 10.8. The Balaban J connectivity index is 2.14. The van der Waals surface area contributed by atoms with E-state index in [1.54, 1.807) is 13.8 Å². The summed E-state index contributed by atoms with van der Waals surface area (Å²) < 4.78 is 0. The van der Waals surface area contributed by atoms with Crippen LogP contribution in [0.15, 0.2) is 23.0 Å². The smallest absolute Gasteiger partial charge is 0.277 e. The Kier molecular flexibility index (Phi) is 4.98. The fourth-order valence-electron chi connectivity index (χ4n) is 2.65. The predicted molar refractivity (Wildman–Crippen MR) is 90.9 cm³/mol. The minimum absolute atomic E-state index is 0.0730. The van der Waals surface area contributed by atoms with Crippen LogP contribution in [0.2, 0.25) is 0 Å². The number of nitrogens with one attached hydrogen (secondary N) is 2. The van der Waals surface area contributed by atoms with E-state index in [0.29, 0.717) is 11.3 Å². The van der Waals surface area contributed by atoms with E-state index in [1.165, 1.54) is 16.7 Å². The van der Waals surface area contributed by atoms with Crippen molar-refractivity contribution in [3.8, 4) is 0 Å². The van der Waals surface area contributed by atoms with Gasteiger partial charge in [0.2, 0.25) is 0 Å². The standard InChI is InChI=1S/C18H23N3O2/c1-10-6-7-15(11(2)8-10)9-12(3)19-17(22)16-13(4)14(5)20-21-18(16)23/h6-8,12H,9H2,1-5H3,(H,19,22)(H,21,23)/t12-/m0/s1. The molecule has 122 valence electrons. The molecular weight excluding hydrogens is 290 g/mol. The van der Waals surface area contributed by atoms with Crippen LogP contribution in [-0.2, 0) is 6.42 Å². The number of aromatic amines is 1. The third-order valence-electron chi connectivity index (χ3n) is 4.10. The van der Waals surface area contributed by atoms with Crippen molar-refractivity contribution in [3.05, 3.63) is 62.1 Å². The van der Waals surface area contributed by atoms with E-state index in [4.69, 9.17) is 0 Å². The Morgan fingerprint density at radius 1 is 1.26 bits per heavy atom. The molecule has 0 aliphatic carbocycles. The second-order valence-corrected chi connectivity index (χ2v) is 6.15. The lowest BCUT2D eigenvalue weighted by molar-refractivity contribution is 0.0937. The predicted octanol–water partition coefficient (Wildman–Crippen LogP) is 2.36. The number of amides is 1. The summed E-state index contributed by atoms with van der Waals surface area (Å²) in [6, 6.07) is 6.21. The summed E-state index contributed by atoms with van der Waals surface area (Å²) in [7, 11) is 0. The molecule has 0 bridgehead atoms. The lowest BCUT2D eigenvalue weighted by atomic mass is 9.99. The first-order valence-electron chi connectivity index (χ1n) is 7.72. The molecule has 2 aromatic rings. The molecule has 0 unspecified atom stereocenters. The number of carbonyl (C=O) groups is 1. The molecule has 1 aromatic carbocycles. The zero-order valence-electron chi connectivity index (χ0n) is 14.3. The van der Waals surface area contributed by atoms with Gasteiger partial charge in [0.25, 0.3) is 11.5 Å². The van der Waals surface area contributed by atoms with Gasteiger partial charge in [-0.15, -0.1) is 0 Å². The molecule has 1 atom stereocenters. The third kappa shape index (κ3) is 3.86. The molecule has 23 heavy (non-hydrogen) atoms. The fourth-order valence-corrected chi connectivity index (χ4v) is 2.65. The summed E-state index contributed by atoms with van der Waals surface area (Å²) >= 11 is 0. The average molecular weight is 313 g/mol. The van der Waals surface area contributed by atoms with Gasteiger partial charge in [-0.2, -0.15) is 5.10 Å². The van der Waals surface area contributed by atoms with Gasteiger partial charge < -0.3 is 5.32 Å². The Hall–Kier alpha value is -2.43. The van der Waals surface area contributed by atoms with Crippen LogP contribution in [0.4, 0.5) is 0 Å². The number of aryl methyl sites for hydroxylation is 3. The summed E-state index contributed by atoms with van der Waals surface area (Å²) in [6.45, 7) is 9.57. The summed E-state index contributed by atoms with van der Waals surface area (Å²) in [5.74, 6) is -0.355. The Morgan fingerprint density at radius 2 is 1.96 bits per heavy atom. The number of benzene rings is 1. The van der Waals surface area contributed by atoms with Crippen LogP contribution < -0.4 is 10.9 Å². The summed E-state index contributed by atoms with van der Waals surface area (Å²) in [6.07, 6.45) is 0.721. The van der Waals surface area contributed by atoms with E-state index in [1.807, 2.05) is 6.92 Å². The zero-order chi connectivity index (χ0) is 17.1. The van der Waals surface area contributed by atoms with E-state index in [0.717, 1.165) is 6.42 Å².